The standard InChI is InChI=1S/C20H29ClO2/c1-19(11-22)9-7-13-12-3-4-16-18(21)17(23)8-10-20(16,2)15(12)6-5-14(13)19/h12,15,17,22-23H,3-11H2,1-2H3/t12-,15-,17+,19+,20+/m0/s1. The first kappa shape index (κ1) is 16.2. The van der Waals surface area contributed by atoms with E-state index in [1.54, 1.807) is 11.1 Å². The van der Waals surface area contributed by atoms with Gasteiger partial charge in [0.1, 0.15) is 0 Å². The van der Waals surface area contributed by atoms with E-state index < -0.39 is 6.10 Å². The van der Waals surface area contributed by atoms with Crippen molar-refractivity contribution in [2.75, 3.05) is 6.61 Å². The Labute approximate surface area is 144 Å². The van der Waals surface area contributed by atoms with Crippen molar-refractivity contribution in [3.63, 3.8) is 0 Å². The van der Waals surface area contributed by atoms with E-state index in [-0.39, 0.29) is 10.8 Å². The van der Waals surface area contributed by atoms with Gasteiger partial charge in [0.15, 0.2) is 0 Å². The van der Waals surface area contributed by atoms with E-state index in [9.17, 15) is 10.2 Å². The molecule has 0 spiro atoms. The zero-order valence-electron chi connectivity index (χ0n) is 14.4. The summed E-state index contributed by atoms with van der Waals surface area (Å²) in [4.78, 5) is 0. The molecule has 0 unspecified atom stereocenters. The Balaban J connectivity index is 1.73. The van der Waals surface area contributed by atoms with E-state index in [2.05, 4.69) is 13.8 Å². The minimum Gasteiger partial charge on any atom is -0.395 e. The van der Waals surface area contributed by atoms with Crippen LogP contribution in [-0.4, -0.2) is 22.9 Å². The summed E-state index contributed by atoms with van der Waals surface area (Å²) in [5, 5.41) is 20.8. The third-order valence-electron chi connectivity index (χ3n) is 7.78. The Morgan fingerprint density at radius 2 is 1.78 bits per heavy atom. The summed E-state index contributed by atoms with van der Waals surface area (Å²) in [7, 11) is 0. The molecule has 0 heterocycles. The molecule has 0 amide bonds. The molecule has 3 heteroatoms. The van der Waals surface area contributed by atoms with Crippen LogP contribution >= 0.6 is 11.6 Å². The lowest BCUT2D eigenvalue weighted by atomic mass is 9.52. The molecule has 2 N–H and O–H groups in total. The van der Waals surface area contributed by atoms with Crippen LogP contribution in [0.15, 0.2) is 21.8 Å². The molecule has 0 aromatic carbocycles. The fraction of sp³-hybridized carbons (Fsp3) is 0.800. The Bertz CT molecular complexity index is 592. The number of allylic oxidation sites excluding steroid dienone is 2. The van der Waals surface area contributed by atoms with Crippen LogP contribution in [0.25, 0.3) is 0 Å². The van der Waals surface area contributed by atoms with Crippen molar-refractivity contribution in [3.8, 4) is 0 Å². The lowest BCUT2D eigenvalue weighted by molar-refractivity contribution is 0.0652. The number of aliphatic hydroxyl groups is 2. The lowest BCUT2D eigenvalue weighted by Crippen LogP contribution is -2.45. The highest BCUT2D eigenvalue weighted by molar-refractivity contribution is 6.30. The fourth-order valence-electron chi connectivity index (χ4n) is 6.33. The number of hydrogen-bond donors (Lipinski definition) is 2. The SMILES string of the molecule is C[C@]1(CO)CCC2=C1CC[C@H]1[C@H]2CCC2=C(Cl)[C@H](O)CC[C@@]21C. The van der Waals surface area contributed by atoms with Crippen LogP contribution in [0.2, 0.25) is 0 Å². The van der Waals surface area contributed by atoms with Crippen LogP contribution < -0.4 is 0 Å². The van der Waals surface area contributed by atoms with Gasteiger partial charge in [0.25, 0.3) is 0 Å². The number of hydrogen-bond acceptors (Lipinski definition) is 2. The number of fused-ring (bicyclic) bond motifs is 4. The van der Waals surface area contributed by atoms with E-state index in [0.717, 1.165) is 37.1 Å². The summed E-state index contributed by atoms with van der Waals surface area (Å²) in [5.74, 6) is 1.35. The van der Waals surface area contributed by atoms with Gasteiger partial charge >= 0.3 is 0 Å². The summed E-state index contributed by atoms with van der Waals surface area (Å²) in [6.45, 7) is 4.95. The molecule has 1 fully saturated rings. The lowest BCUT2D eigenvalue weighted by Gasteiger charge is -2.54. The largest absolute Gasteiger partial charge is 0.395 e. The van der Waals surface area contributed by atoms with Gasteiger partial charge in [0.2, 0.25) is 0 Å². The molecule has 128 valence electrons. The number of rotatable bonds is 1. The summed E-state index contributed by atoms with van der Waals surface area (Å²) in [6.07, 6.45) is 8.34. The second-order valence-corrected chi connectivity index (χ2v) is 9.22. The zero-order chi connectivity index (χ0) is 16.4. The van der Waals surface area contributed by atoms with Crippen LogP contribution in [0.1, 0.15) is 65.2 Å². The van der Waals surface area contributed by atoms with Crippen molar-refractivity contribution >= 4 is 11.6 Å². The highest BCUT2D eigenvalue weighted by atomic mass is 35.5. The zero-order valence-corrected chi connectivity index (χ0v) is 15.1. The molecule has 23 heavy (non-hydrogen) atoms. The molecule has 1 saturated carbocycles. The molecule has 0 bridgehead atoms. The highest BCUT2D eigenvalue weighted by Crippen LogP contribution is 2.63. The maximum atomic E-state index is 10.2. The number of aliphatic hydroxyl groups excluding tert-OH is 2. The van der Waals surface area contributed by atoms with Gasteiger partial charge in [-0.1, -0.05) is 36.6 Å². The van der Waals surface area contributed by atoms with Crippen LogP contribution in [0.3, 0.4) is 0 Å². The third-order valence-corrected chi connectivity index (χ3v) is 8.26. The van der Waals surface area contributed by atoms with Gasteiger partial charge in [0, 0.05) is 10.4 Å². The average molecular weight is 337 g/mol. The first-order valence-electron chi connectivity index (χ1n) is 9.31. The van der Waals surface area contributed by atoms with Crippen molar-refractivity contribution in [1.82, 2.24) is 0 Å². The van der Waals surface area contributed by atoms with Crippen molar-refractivity contribution in [2.24, 2.45) is 22.7 Å². The maximum absolute atomic E-state index is 10.2. The van der Waals surface area contributed by atoms with E-state index in [1.165, 1.54) is 24.8 Å². The van der Waals surface area contributed by atoms with Crippen LogP contribution in [-0.2, 0) is 0 Å². The Morgan fingerprint density at radius 1 is 1.04 bits per heavy atom. The molecule has 0 aromatic heterocycles. The molecule has 0 aromatic rings. The smallest absolute Gasteiger partial charge is 0.0895 e. The Morgan fingerprint density at radius 3 is 2.52 bits per heavy atom. The molecule has 0 saturated heterocycles. The highest BCUT2D eigenvalue weighted by Gasteiger charge is 2.53. The van der Waals surface area contributed by atoms with E-state index in [4.69, 9.17) is 11.6 Å². The van der Waals surface area contributed by atoms with Gasteiger partial charge in [-0.25, -0.2) is 0 Å². The van der Waals surface area contributed by atoms with E-state index in [1.807, 2.05) is 0 Å². The van der Waals surface area contributed by atoms with Crippen molar-refractivity contribution in [3.05, 3.63) is 21.8 Å². The molecular formula is C20H29ClO2. The molecular weight excluding hydrogens is 308 g/mol. The third kappa shape index (κ3) is 2.14. The predicted molar refractivity (Wildman–Crippen MR) is 93.1 cm³/mol. The first-order chi connectivity index (χ1) is 10.9. The van der Waals surface area contributed by atoms with Crippen LogP contribution in [0.4, 0.5) is 0 Å². The minimum absolute atomic E-state index is 0.0394. The molecule has 4 rings (SSSR count). The van der Waals surface area contributed by atoms with Crippen molar-refractivity contribution < 1.29 is 10.2 Å². The summed E-state index contributed by atoms with van der Waals surface area (Å²) in [6, 6.07) is 0. The molecule has 5 atom stereocenters. The fourth-order valence-corrected chi connectivity index (χ4v) is 6.75. The normalized spacial score (nSPS) is 46.6. The van der Waals surface area contributed by atoms with Gasteiger partial charge < -0.3 is 10.2 Å². The van der Waals surface area contributed by atoms with Crippen LogP contribution in [0, 0.1) is 22.7 Å². The minimum atomic E-state index is -0.432. The van der Waals surface area contributed by atoms with Crippen molar-refractivity contribution in [1.29, 1.82) is 0 Å². The monoisotopic (exact) mass is 336 g/mol. The first-order valence-corrected chi connectivity index (χ1v) is 9.69. The van der Waals surface area contributed by atoms with Crippen LogP contribution in [0.5, 0.6) is 0 Å². The average Bonchev–Trinajstić information content (AvgIpc) is 2.90. The quantitative estimate of drug-likeness (QED) is 0.690. The topological polar surface area (TPSA) is 40.5 Å². The maximum Gasteiger partial charge on any atom is 0.0895 e. The van der Waals surface area contributed by atoms with Gasteiger partial charge in [-0.3, -0.25) is 0 Å². The predicted octanol–water partition coefficient (Wildman–Crippen LogP) is 4.55. The second-order valence-electron chi connectivity index (χ2n) is 8.81. The van der Waals surface area contributed by atoms with Gasteiger partial charge in [-0.05, 0) is 74.2 Å². The Hall–Kier alpha value is -0.310. The summed E-state index contributed by atoms with van der Waals surface area (Å²) < 4.78 is 0. The van der Waals surface area contributed by atoms with Gasteiger partial charge in [-0.2, -0.15) is 0 Å². The Kier molecular flexibility index (Phi) is 3.76. The van der Waals surface area contributed by atoms with Crippen molar-refractivity contribution in [2.45, 2.75) is 71.3 Å². The second kappa shape index (κ2) is 5.34. The van der Waals surface area contributed by atoms with E-state index in [0.29, 0.717) is 18.4 Å². The van der Waals surface area contributed by atoms with Gasteiger partial charge in [0.05, 0.1) is 12.7 Å². The molecule has 2 nitrogen and oxygen atoms in total. The molecule has 0 aliphatic heterocycles. The molecule has 4 aliphatic carbocycles. The van der Waals surface area contributed by atoms with E-state index >= 15 is 0 Å². The summed E-state index contributed by atoms with van der Waals surface area (Å²) >= 11 is 6.53. The molecule has 0 radical (unpaired) electrons. The number of halogens is 1. The molecule has 4 aliphatic rings. The van der Waals surface area contributed by atoms with Gasteiger partial charge in [-0.15, -0.1) is 0 Å². The summed E-state index contributed by atoms with van der Waals surface area (Å²) in [5.41, 5.74) is 4.83.